The van der Waals surface area contributed by atoms with Gasteiger partial charge in [-0.25, -0.2) is 9.78 Å². The first kappa shape index (κ1) is 16.2. The molecule has 2 aromatic rings. The number of imidazole rings is 1. The van der Waals surface area contributed by atoms with Gasteiger partial charge in [0.2, 0.25) is 5.91 Å². The van der Waals surface area contributed by atoms with Crippen LogP contribution in [0.15, 0.2) is 23.4 Å². The van der Waals surface area contributed by atoms with Crippen LogP contribution in [0.5, 0.6) is 5.75 Å². The molecule has 118 valence electrons. The zero-order valence-electron chi connectivity index (χ0n) is 12.6. The molecule has 0 aliphatic carbocycles. The van der Waals surface area contributed by atoms with Gasteiger partial charge in [-0.1, -0.05) is 11.8 Å². The highest BCUT2D eigenvalue weighted by molar-refractivity contribution is 8.00. The normalized spacial score (nSPS) is 12.0. The number of nitrogens with one attached hydrogen (secondary N) is 3. The fourth-order valence-corrected chi connectivity index (χ4v) is 2.60. The van der Waals surface area contributed by atoms with E-state index in [0.29, 0.717) is 11.8 Å². The fourth-order valence-electron chi connectivity index (χ4n) is 1.77. The number of imide groups is 1. The summed E-state index contributed by atoms with van der Waals surface area (Å²) < 4.78 is 5.44. The Balaban J connectivity index is 2.07. The molecule has 22 heavy (non-hydrogen) atoms. The molecular weight excluding hydrogens is 304 g/mol. The maximum atomic E-state index is 11.8. The van der Waals surface area contributed by atoms with Crippen molar-refractivity contribution >= 4 is 34.7 Å². The Morgan fingerprint density at radius 3 is 2.91 bits per heavy atom. The first-order chi connectivity index (χ1) is 10.5. The number of benzene rings is 1. The van der Waals surface area contributed by atoms with Crippen LogP contribution >= 0.6 is 11.8 Å². The van der Waals surface area contributed by atoms with E-state index in [9.17, 15) is 9.59 Å². The summed E-state index contributed by atoms with van der Waals surface area (Å²) in [4.78, 5) is 30.5. The third kappa shape index (κ3) is 3.91. The third-order valence-corrected chi connectivity index (χ3v) is 3.85. The van der Waals surface area contributed by atoms with Gasteiger partial charge in [-0.15, -0.1) is 0 Å². The lowest BCUT2D eigenvalue weighted by atomic mass is 10.3. The van der Waals surface area contributed by atoms with Crippen LogP contribution < -0.4 is 15.4 Å². The number of hydrogen-bond acceptors (Lipinski definition) is 5. The van der Waals surface area contributed by atoms with E-state index in [1.165, 1.54) is 18.8 Å². The molecule has 1 aromatic carbocycles. The third-order valence-electron chi connectivity index (χ3n) is 2.86. The fraction of sp³-hybridized carbons (Fsp3) is 0.357. The van der Waals surface area contributed by atoms with E-state index in [-0.39, 0.29) is 5.91 Å². The number of hydrogen-bond donors (Lipinski definition) is 3. The maximum absolute atomic E-state index is 11.8. The molecule has 1 heterocycles. The van der Waals surface area contributed by atoms with Gasteiger partial charge in [0, 0.05) is 13.1 Å². The Labute approximate surface area is 132 Å². The number of fused-ring (bicyclic) bond motifs is 1. The Kier molecular flexibility index (Phi) is 5.26. The standard InChI is InChI=1S/C14H18N4O3S/c1-4-21-9-5-6-10-11(7-9)17-14(16-10)22-8(2)12(19)18-13(20)15-3/h5-8H,4H2,1-3H3,(H,16,17)(H2,15,18,19,20). The lowest BCUT2D eigenvalue weighted by molar-refractivity contribution is -0.119. The number of nitrogens with zero attached hydrogens (tertiary/aromatic N) is 1. The molecule has 8 heteroatoms. The van der Waals surface area contributed by atoms with Gasteiger partial charge in [0.15, 0.2) is 5.16 Å². The summed E-state index contributed by atoms with van der Waals surface area (Å²) in [5, 5.41) is 4.73. The van der Waals surface area contributed by atoms with Crippen LogP contribution in [0.2, 0.25) is 0 Å². The van der Waals surface area contributed by atoms with Crippen LogP contribution in [0.1, 0.15) is 13.8 Å². The smallest absolute Gasteiger partial charge is 0.321 e. The summed E-state index contributed by atoms with van der Waals surface area (Å²) in [5.41, 5.74) is 1.64. The number of amides is 3. The zero-order chi connectivity index (χ0) is 16.1. The highest BCUT2D eigenvalue weighted by atomic mass is 32.2. The second kappa shape index (κ2) is 7.17. The van der Waals surface area contributed by atoms with Crippen molar-refractivity contribution in [3.8, 4) is 5.75 Å². The second-order valence-electron chi connectivity index (χ2n) is 4.48. The summed E-state index contributed by atoms with van der Waals surface area (Å²) in [6, 6.07) is 5.05. The maximum Gasteiger partial charge on any atom is 0.321 e. The Morgan fingerprint density at radius 2 is 2.23 bits per heavy atom. The van der Waals surface area contributed by atoms with E-state index >= 15 is 0 Å². The first-order valence-corrected chi connectivity index (χ1v) is 7.73. The lowest BCUT2D eigenvalue weighted by Gasteiger charge is -2.08. The lowest BCUT2D eigenvalue weighted by Crippen LogP contribution is -2.41. The number of urea groups is 1. The SMILES string of the molecule is CCOc1ccc2nc(SC(C)C(=O)NC(=O)NC)[nH]c2c1. The highest BCUT2D eigenvalue weighted by Gasteiger charge is 2.18. The number of H-pyrrole nitrogens is 1. The highest BCUT2D eigenvalue weighted by Crippen LogP contribution is 2.25. The van der Waals surface area contributed by atoms with E-state index in [1.54, 1.807) is 6.92 Å². The molecule has 0 spiro atoms. The number of aromatic amines is 1. The second-order valence-corrected chi connectivity index (χ2v) is 5.81. The van der Waals surface area contributed by atoms with Crippen molar-refractivity contribution in [3.05, 3.63) is 18.2 Å². The van der Waals surface area contributed by atoms with Gasteiger partial charge in [-0.2, -0.15) is 0 Å². The predicted octanol–water partition coefficient (Wildman–Crippen LogP) is 1.90. The minimum atomic E-state index is -0.525. The summed E-state index contributed by atoms with van der Waals surface area (Å²) >= 11 is 1.25. The summed E-state index contributed by atoms with van der Waals surface area (Å²) in [7, 11) is 1.45. The molecule has 0 aliphatic rings. The van der Waals surface area contributed by atoms with Crippen molar-refractivity contribution in [2.75, 3.05) is 13.7 Å². The molecule has 0 bridgehead atoms. The van der Waals surface area contributed by atoms with Crippen LogP contribution in [0.3, 0.4) is 0 Å². The van der Waals surface area contributed by atoms with Gasteiger partial charge in [0.05, 0.1) is 22.9 Å². The van der Waals surface area contributed by atoms with E-state index in [1.807, 2.05) is 25.1 Å². The number of carbonyl (C=O) groups is 2. The average molecular weight is 322 g/mol. The van der Waals surface area contributed by atoms with Crippen molar-refractivity contribution < 1.29 is 14.3 Å². The van der Waals surface area contributed by atoms with Gasteiger partial charge >= 0.3 is 6.03 Å². The number of thioether (sulfide) groups is 1. The van der Waals surface area contributed by atoms with Gasteiger partial charge in [-0.3, -0.25) is 10.1 Å². The molecule has 3 amide bonds. The Hall–Kier alpha value is -2.22. The number of aromatic nitrogens is 2. The molecule has 0 radical (unpaired) electrons. The average Bonchev–Trinajstić information content (AvgIpc) is 2.88. The van der Waals surface area contributed by atoms with Crippen molar-refractivity contribution in [3.63, 3.8) is 0 Å². The van der Waals surface area contributed by atoms with Gasteiger partial charge in [0.1, 0.15) is 5.75 Å². The molecule has 1 atom stereocenters. The van der Waals surface area contributed by atoms with Crippen LogP contribution in [-0.2, 0) is 4.79 Å². The molecule has 3 N–H and O–H groups in total. The van der Waals surface area contributed by atoms with E-state index in [4.69, 9.17) is 4.74 Å². The summed E-state index contributed by atoms with van der Waals surface area (Å²) in [5.74, 6) is 0.389. The Morgan fingerprint density at radius 1 is 1.45 bits per heavy atom. The van der Waals surface area contributed by atoms with E-state index < -0.39 is 11.3 Å². The monoisotopic (exact) mass is 322 g/mol. The zero-order valence-corrected chi connectivity index (χ0v) is 13.4. The molecule has 0 saturated carbocycles. The van der Waals surface area contributed by atoms with Crippen molar-refractivity contribution in [2.24, 2.45) is 0 Å². The predicted molar refractivity (Wildman–Crippen MR) is 85.2 cm³/mol. The quantitative estimate of drug-likeness (QED) is 0.731. The summed E-state index contributed by atoms with van der Waals surface area (Å²) in [6.07, 6.45) is 0. The van der Waals surface area contributed by atoms with Gasteiger partial charge in [0.25, 0.3) is 0 Å². The van der Waals surface area contributed by atoms with E-state index in [0.717, 1.165) is 16.8 Å². The van der Waals surface area contributed by atoms with Crippen LogP contribution in [-0.4, -0.2) is 40.8 Å². The largest absolute Gasteiger partial charge is 0.494 e. The Bertz CT molecular complexity index is 686. The van der Waals surface area contributed by atoms with E-state index in [2.05, 4.69) is 20.6 Å². The molecule has 2 rings (SSSR count). The molecule has 1 unspecified atom stereocenters. The van der Waals surface area contributed by atoms with Crippen molar-refractivity contribution in [1.82, 2.24) is 20.6 Å². The molecule has 0 fully saturated rings. The van der Waals surface area contributed by atoms with Crippen molar-refractivity contribution in [2.45, 2.75) is 24.3 Å². The first-order valence-electron chi connectivity index (χ1n) is 6.85. The minimum Gasteiger partial charge on any atom is -0.494 e. The number of carbonyl (C=O) groups excluding carboxylic acids is 2. The number of rotatable bonds is 5. The minimum absolute atomic E-state index is 0.375. The topological polar surface area (TPSA) is 96.1 Å². The molecule has 1 aromatic heterocycles. The van der Waals surface area contributed by atoms with Crippen LogP contribution in [0.4, 0.5) is 4.79 Å². The van der Waals surface area contributed by atoms with Crippen LogP contribution in [0.25, 0.3) is 11.0 Å². The molecular formula is C14H18N4O3S. The number of ether oxygens (including phenoxy) is 1. The van der Waals surface area contributed by atoms with Gasteiger partial charge in [-0.05, 0) is 26.0 Å². The van der Waals surface area contributed by atoms with Crippen molar-refractivity contribution in [1.29, 1.82) is 0 Å². The van der Waals surface area contributed by atoms with Gasteiger partial charge < -0.3 is 15.0 Å². The molecule has 0 aliphatic heterocycles. The summed E-state index contributed by atoms with van der Waals surface area (Å²) in [6.45, 7) is 4.23. The molecule has 0 saturated heterocycles. The van der Waals surface area contributed by atoms with Crippen LogP contribution in [0, 0.1) is 0 Å². The molecule has 7 nitrogen and oxygen atoms in total.